The van der Waals surface area contributed by atoms with Crippen molar-refractivity contribution in [2.75, 3.05) is 5.32 Å². The van der Waals surface area contributed by atoms with Gasteiger partial charge in [-0.25, -0.2) is 9.59 Å². The summed E-state index contributed by atoms with van der Waals surface area (Å²) >= 11 is 0. The van der Waals surface area contributed by atoms with Gasteiger partial charge in [-0.05, 0) is 52.8 Å². The lowest BCUT2D eigenvalue weighted by atomic mass is 10.2. The van der Waals surface area contributed by atoms with E-state index in [4.69, 9.17) is 14.6 Å². The zero-order chi connectivity index (χ0) is 16.2. The van der Waals surface area contributed by atoms with Crippen molar-refractivity contribution in [1.29, 1.82) is 0 Å². The van der Waals surface area contributed by atoms with Crippen LogP contribution in [0.4, 0.5) is 10.5 Å². The van der Waals surface area contributed by atoms with E-state index in [-0.39, 0.29) is 17.4 Å². The van der Waals surface area contributed by atoms with E-state index in [0.717, 1.165) is 0 Å². The Bertz CT molecular complexity index is 531. The predicted molar refractivity (Wildman–Crippen MR) is 79.0 cm³/mol. The van der Waals surface area contributed by atoms with Gasteiger partial charge in [-0.1, -0.05) is 0 Å². The predicted octanol–water partition coefficient (Wildman–Crippen LogP) is 3.52. The maximum absolute atomic E-state index is 11.8. The molecule has 2 N–H and O–H groups in total. The Morgan fingerprint density at radius 1 is 1.24 bits per heavy atom. The van der Waals surface area contributed by atoms with Gasteiger partial charge in [0.1, 0.15) is 11.4 Å². The first kappa shape index (κ1) is 16.8. The first-order valence-electron chi connectivity index (χ1n) is 6.62. The molecule has 0 aliphatic heterocycles. The maximum Gasteiger partial charge on any atom is 0.412 e. The quantitative estimate of drug-likeness (QED) is 0.887. The highest BCUT2D eigenvalue weighted by Crippen LogP contribution is 2.27. The molecule has 0 unspecified atom stereocenters. The molecule has 1 amide bonds. The molecule has 1 aromatic carbocycles. The van der Waals surface area contributed by atoms with Gasteiger partial charge in [-0.3, -0.25) is 5.32 Å². The molecule has 0 aliphatic rings. The number of carbonyl (C=O) groups is 2. The number of anilines is 1. The van der Waals surface area contributed by atoms with Gasteiger partial charge in [0.25, 0.3) is 0 Å². The van der Waals surface area contributed by atoms with Gasteiger partial charge in [0.15, 0.2) is 0 Å². The van der Waals surface area contributed by atoms with Crippen LogP contribution in [-0.4, -0.2) is 28.9 Å². The summed E-state index contributed by atoms with van der Waals surface area (Å²) in [5.74, 6) is -0.695. The van der Waals surface area contributed by atoms with Gasteiger partial charge in [0.2, 0.25) is 0 Å². The van der Waals surface area contributed by atoms with E-state index in [1.807, 2.05) is 13.8 Å². The van der Waals surface area contributed by atoms with Crippen LogP contribution in [-0.2, 0) is 4.74 Å². The fraction of sp³-hybridized carbons (Fsp3) is 0.467. The third kappa shape index (κ3) is 5.72. The summed E-state index contributed by atoms with van der Waals surface area (Å²) in [7, 11) is 0. The molecule has 1 rings (SSSR count). The van der Waals surface area contributed by atoms with E-state index in [0.29, 0.717) is 5.75 Å². The van der Waals surface area contributed by atoms with Crippen molar-refractivity contribution in [1.82, 2.24) is 0 Å². The second-order valence-electron chi connectivity index (χ2n) is 5.81. The molecule has 0 fully saturated rings. The van der Waals surface area contributed by atoms with Crippen LogP contribution in [0.1, 0.15) is 45.0 Å². The van der Waals surface area contributed by atoms with Gasteiger partial charge in [0, 0.05) is 0 Å². The van der Waals surface area contributed by atoms with Crippen molar-refractivity contribution >= 4 is 17.7 Å². The Balaban J connectivity index is 3.02. The summed E-state index contributed by atoms with van der Waals surface area (Å²) in [6.07, 6.45) is -0.779. The van der Waals surface area contributed by atoms with Crippen LogP contribution < -0.4 is 10.1 Å². The van der Waals surface area contributed by atoms with Crippen LogP contribution in [0, 0.1) is 0 Å². The topological polar surface area (TPSA) is 84.9 Å². The molecule has 21 heavy (non-hydrogen) atoms. The molecular weight excluding hydrogens is 274 g/mol. The third-order valence-electron chi connectivity index (χ3n) is 2.22. The Morgan fingerprint density at radius 2 is 1.86 bits per heavy atom. The molecule has 6 heteroatoms. The second-order valence-corrected chi connectivity index (χ2v) is 5.81. The smallest absolute Gasteiger partial charge is 0.412 e. The number of carbonyl (C=O) groups excluding carboxylic acids is 1. The number of carboxylic acid groups (broad SMARTS) is 1. The Labute approximate surface area is 124 Å². The van der Waals surface area contributed by atoms with Crippen LogP contribution in [0.2, 0.25) is 0 Å². The SMILES string of the molecule is CC(C)Oc1ccc(C(=O)O)cc1NC(=O)OC(C)(C)C. The maximum atomic E-state index is 11.8. The van der Waals surface area contributed by atoms with Crippen LogP contribution in [0.25, 0.3) is 0 Å². The minimum Gasteiger partial charge on any atom is -0.489 e. The van der Waals surface area contributed by atoms with E-state index in [1.54, 1.807) is 20.8 Å². The van der Waals surface area contributed by atoms with E-state index in [1.165, 1.54) is 18.2 Å². The molecule has 0 aromatic heterocycles. The summed E-state index contributed by atoms with van der Waals surface area (Å²) in [5, 5.41) is 11.5. The fourth-order valence-electron chi connectivity index (χ4n) is 1.53. The molecule has 0 spiro atoms. The minimum absolute atomic E-state index is 0.0529. The zero-order valence-electron chi connectivity index (χ0n) is 12.9. The molecule has 0 aliphatic carbocycles. The molecular formula is C15H21NO5. The largest absolute Gasteiger partial charge is 0.489 e. The molecule has 0 heterocycles. The molecule has 0 saturated heterocycles. The van der Waals surface area contributed by atoms with Gasteiger partial charge in [-0.2, -0.15) is 0 Å². The summed E-state index contributed by atoms with van der Waals surface area (Å²) < 4.78 is 10.7. The first-order valence-corrected chi connectivity index (χ1v) is 6.62. The lowest BCUT2D eigenvalue weighted by Gasteiger charge is -2.21. The van der Waals surface area contributed by atoms with Crippen molar-refractivity contribution in [3.63, 3.8) is 0 Å². The Hall–Kier alpha value is -2.24. The minimum atomic E-state index is -1.08. The van der Waals surface area contributed by atoms with E-state index >= 15 is 0 Å². The molecule has 0 saturated carbocycles. The zero-order valence-corrected chi connectivity index (χ0v) is 12.9. The molecule has 116 valence electrons. The molecule has 0 bridgehead atoms. The van der Waals surface area contributed by atoms with Gasteiger partial charge in [-0.15, -0.1) is 0 Å². The third-order valence-corrected chi connectivity index (χ3v) is 2.22. The number of benzene rings is 1. The monoisotopic (exact) mass is 295 g/mol. The normalized spacial score (nSPS) is 11.1. The average Bonchev–Trinajstić information content (AvgIpc) is 2.27. The number of rotatable bonds is 4. The van der Waals surface area contributed by atoms with Crippen molar-refractivity contribution in [3.05, 3.63) is 23.8 Å². The van der Waals surface area contributed by atoms with Crippen LogP contribution >= 0.6 is 0 Å². The standard InChI is InChI=1S/C15H21NO5/c1-9(2)20-12-7-6-10(13(17)18)8-11(12)16-14(19)21-15(3,4)5/h6-9H,1-5H3,(H,16,19)(H,17,18). The van der Waals surface area contributed by atoms with Gasteiger partial charge in [0.05, 0.1) is 17.4 Å². The number of nitrogens with one attached hydrogen (secondary N) is 1. The highest BCUT2D eigenvalue weighted by molar-refractivity contribution is 5.93. The summed E-state index contributed by atoms with van der Waals surface area (Å²) in [4.78, 5) is 22.8. The summed E-state index contributed by atoms with van der Waals surface area (Å²) in [6.45, 7) is 8.90. The van der Waals surface area contributed by atoms with Gasteiger partial charge >= 0.3 is 12.1 Å². The van der Waals surface area contributed by atoms with Crippen molar-refractivity contribution in [2.24, 2.45) is 0 Å². The highest BCUT2D eigenvalue weighted by Gasteiger charge is 2.19. The number of ether oxygens (including phenoxy) is 2. The lowest BCUT2D eigenvalue weighted by molar-refractivity contribution is 0.0631. The van der Waals surface area contributed by atoms with E-state index in [9.17, 15) is 9.59 Å². The summed E-state index contributed by atoms with van der Waals surface area (Å²) in [5.41, 5.74) is -0.330. The molecule has 0 atom stereocenters. The highest BCUT2D eigenvalue weighted by atomic mass is 16.6. The average molecular weight is 295 g/mol. The van der Waals surface area contributed by atoms with Gasteiger partial charge < -0.3 is 14.6 Å². The first-order chi connectivity index (χ1) is 9.58. The molecule has 1 aromatic rings. The van der Waals surface area contributed by atoms with Crippen molar-refractivity contribution in [2.45, 2.75) is 46.3 Å². The van der Waals surface area contributed by atoms with Crippen LogP contribution in [0.5, 0.6) is 5.75 Å². The van der Waals surface area contributed by atoms with Crippen molar-refractivity contribution < 1.29 is 24.2 Å². The Morgan fingerprint density at radius 3 is 2.33 bits per heavy atom. The lowest BCUT2D eigenvalue weighted by Crippen LogP contribution is -2.27. The molecule has 0 radical (unpaired) electrons. The fourth-order valence-corrected chi connectivity index (χ4v) is 1.53. The number of hydrogen-bond acceptors (Lipinski definition) is 4. The van der Waals surface area contributed by atoms with Crippen LogP contribution in [0.3, 0.4) is 0 Å². The number of carboxylic acids is 1. The summed E-state index contributed by atoms with van der Waals surface area (Å²) in [6, 6.07) is 4.26. The Kier molecular flexibility index (Phi) is 5.18. The van der Waals surface area contributed by atoms with E-state index < -0.39 is 17.7 Å². The van der Waals surface area contributed by atoms with Crippen molar-refractivity contribution in [3.8, 4) is 5.75 Å². The van der Waals surface area contributed by atoms with Crippen LogP contribution in [0.15, 0.2) is 18.2 Å². The number of aromatic carboxylic acids is 1. The number of amides is 1. The number of hydrogen-bond donors (Lipinski definition) is 2. The van der Waals surface area contributed by atoms with E-state index in [2.05, 4.69) is 5.32 Å². The second kappa shape index (κ2) is 6.47. The molecule has 6 nitrogen and oxygen atoms in total.